The fraction of sp³-hybridized carbons (Fsp3) is 0.810. The summed E-state index contributed by atoms with van der Waals surface area (Å²) >= 11 is 0. The molecule has 0 saturated heterocycles. The lowest BCUT2D eigenvalue weighted by Crippen LogP contribution is -2.49. The quantitative estimate of drug-likeness (QED) is 0.147. The van der Waals surface area contributed by atoms with E-state index < -0.39 is 12.9 Å². The lowest BCUT2D eigenvalue weighted by atomic mass is 10.1. The van der Waals surface area contributed by atoms with Gasteiger partial charge in [0.2, 0.25) is 5.34 Å². The van der Waals surface area contributed by atoms with Gasteiger partial charge in [0.05, 0.1) is 21.1 Å². The summed E-state index contributed by atoms with van der Waals surface area (Å²) < 4.78 is 12.0. The summed E-state index contributed by atoms with van der Waals surface area (Å²) in [6.45, 7) is 2.25. The average molecular weight is 405 g/mol. The SMILES string of the molecule is CCCCC/C=C\CCCCC/C=C\CCC(O)(C[N+](C)(C)C)P(=O)(O)O. The Morgan fingerprint density at radius 1 is 0.815 bits per heavy atom. The summed E-state index contributed by atoms with van der Waals surface area (Å²) in [5.74, 6) is 0. The summed E-state index contributed by atoms with van der Waals surface area (Å²) in [5.41, 5.74) is 0. The molecule has 1 unspecified atom stereocenters. The van der Waals surface area contributed by atoms with E-state index >= 15 is 0 Å². The second kappa shape index (κ2) is 13.7. The van der Waals surface area contributed by atoms with E-state index in [4.69, 9.17) is 0 Å². The first-order valence-electron chi connectivity index (χ1n) is 10.4. The van der Waals surface area contributed by atoms with E-state index in [0.717, 1.165) is 19.3 Å². The molecule has 0 amide bonds. The molecule has 0 aromatic carbocycles. The summed E-state index contributed by atoms with van der Waals surface area (Å²) in [5, 5.41) is 8.50. The van der Waals surface area contributed by atoms with Crippen LogP contribution in [0, 0.1) is 0 Å². The molecule has 160 valence electrons. The minimum Gasteiger partial charge on any atom is -0.373 e. The Balaban J connectivity index is 3.94. The summed E-state index contributed by atoms with van der Waals surface area (Å²) in [6, 6.07) is 0. The van der Waals surface area contributed by atoms with Crippen molar-refractivity contribution in [1.82, 2.24) is 0 Å². The molecular formula is C21H43NO4P+. The number of hydrogen-bond acceptors (Lipinski definition) is 2. The van der Waals surface area contributed by atoms with Crippen LogP contribution in [0.15, 0.2) is 24.3 Å². The minimum absolute atomic E-state index is 0.0249. The molecule has 0 aliphatic carbocycles. The minimum atomic E-state index is -4.57. The lowest BCUT2D eigenvalue weighted by Gasteiger charge is -2.35. The van der Waals surface area contributed by atoms with E-state index in [1.54, 1.807) is 0 Å². The van der Waals surface area contributed by atoms with Crippen molar-refractivity contribution >= 4 is 7.60 Å². The Kier molecular flexibility index (Phi) is 13.5. The normalized spacial score (nSPS) is 15.7. The van der Waals surface area contributed by atoms with E-state index in [1.807, 2.05) is 27.2 Å². The van der Waals surface area contributed by atoms with Gasteiger partial charge in [-0.1, -0.05) is 50.5 Å². The summed E-state index contributed by atoms with van der Waals surface area (Å²) in [4.78, 5) is 19.1. The zero-order valence-electron chi connectivity index (χ0n) is 17.9. The molecule has 3 N–H and O–H groups in total. The van der Waals surface area contributed by atoms with Crippen LogP contribution in [0.25, 0.3) is 0 Å². The van der Waals surface area contributed by atoms with Crippen LogP contribution < -0.4 is 0 Å². The molecule has 0 saturated carbocycles. The highest BCUT2D eigenvalue weighted by molar-refractivity contribution is 7.53. The first-order valence-corrected chi connectivity index (χ1v) is 12.0. The predicted octanol–water partition coefficient (Wildman–Crippen LogP) is 4.98. The molecule has 0 rings (SSSR count). The molecular weight excluding hydrogens is 361 g/mol. The topological polar surface area (TPSA) is 77.8 Å². The van der Waals surface area contributed by atoms with Crippen LogP contribution in [-0.2, 0) is 4.57 Å². The van der Waals surface area contributed by atoms with Gasteiger partial charge in [-0.15, -0.1) is 0 Å². The summed E-state index contributed by atoms with van der Waals surface area (Å²) in [7, 11) is 0.878. The van der Waals surface area contributed by atoms with Gasteiger partial charge >= 0.3 is 7.60 Å². The number of likely N-dealkylation sites (N-methyl/N-ethyl adjacent to an activating group) is 1. The molecule has 0 bridgehead atoms. The van der Waals surface area contributed by atoms with E-state index in [-0.39, 0.29) is 13.0 Å². The third-order valence-electron chi connectivity index (χ3n) is 4.53. The second-order valence-corrected chi connectivity index (χ2v) is 10.5. The van der Waals surface area contributed by atoms with Crippen molar-refractivity contribution < 1.29 is 23.9 Å². The molecule has 1 atom stereocenters. The molecule has 0 heterocycles. The van der Waals surface area contributed by atoms with Crippen LogP contribution in [0.3, 0.4) is 0 Å². The maximum Gasteiger partial charge on any atom is 0.362 e. The zero-order chi connectivity index (χ0) is 20.8. The highest BCUT2D eigenvalue weighted by Gasteiger charge is 2.48. The molecule has 6 heteroatoms. The van der Waals surface area contributed by atoms with Gasteiger partial charge in [-0.05, 0) is 51.4 Å². The van der Waals surface area contributed by atoms with Gasteiger partial charge < -0.3 is 19.4 Å². The third-order valence-corrected chi connectivity index (χ3v) is 5.98. The number of hydrogen-bond donors (Lipinski definition) is 3. The zero-order valence-corrected chi connectivity index (χ0v) is 18.8. The van der Waals surface area contributed by atoms with Crippen molar-refractivity contribution in [2.24, 2.45) is 0 Å². The van der Waals surface area contributed by atoms with Gasteiger partial charge in [-0.25, -0.2) is 0 Å². The van der Waals surface area contributed by atoms with Gasteiger partial charge in [0.25, 0.3) is 0 Å². The highest BCUT2D eigenvalue weighted by Crippen LogP contribution is 2.52. The van der Waals surface area contributed by atoms with Crippen LogP contribution in [0.4, 0.5) is 0 Å². The van der Waals surface area contributed by atoms with Crippen LogP contribution in [0.2, 0.25) is 0 Å². The monoisotopic (exact) mass is 404 g/mol. The highest BCUT2D eigenvalue weighted by atomic mass is 31.2. The summed E-state index contributed by atoms with van der Waals surface area (Å²) in [6.07, 6.45) is 19.9. The Morgan fingerprint density at radius 2 is 1.26 bits per heavy atom. The van der Waals surface area contributed by atoms with Crippen molar-refractivity contribution in [3.8, 4) is 0 Å². The van der Waals surface area contributed by atoms with Crippen LogP contribution in [0.1, 0.15) is 77.6 Å². The fourth-order valence-corrected chi connectivity index (χ4v) is 4.10. The number of nitrogens with zero attached hydrogens (tertiary/aromatic N) is 1. The van der Waals surface area contributed by atoms with Gasteiger partial charge in [0.15, 0.2) is 0 Å². The predicted molar refractivity (Wildman–Crippen MR) is 115 cm³/mol. The van der Waals surface area contributed by atoms with Crippen molar-refractivity contribution in [3.63, 3.8) is 0 Å². The van der Waals surface area contributed by atoms with Crippen molar-refractivity contribution in [2.75, 3.05) is 27.7 Å². The largest absolute Gasteiger partial charge is 0.373 e. The molecule has 0 aromatic rings. The molecule has 0 spiro atoms. The van der Waals surface area contributed by atoms with E-state index in [0.29, 0.717) is 10.9 Å². The van der Waals surface area contributed by atoms with Crippen LogP contribution in [-0.4, -0.2) is 52.4 Å². The Labute approximate surface area is 166 Å². The van der Waals surface area contributed by atoms with Crippen molar-refractivity contribution in [2.45, 2.75) is 82.9 Å². The fourth-order valence-electron chi connectivity index (χ4n) is 3.08. The van der Waals surface area contributed by atoms with Gasteiger partial charge in [-0.2, -0.15) is 0 Å². The molecule has 0 radical (unpaired) electrons. The van der Waals surface area contributed by atoms with Gasteiger partial charge in [-0.3, -0.25) is 4.57 Å². The number of rotatable bonds is 16. The van der Waals surface area contributed by atoms with Crippen molar-refractivity contribution in [1.29, 1.82) is 0 Å². The first-order chi connectivity index (χ1) is 12.5. The lowest BCUT2D eigenvalue weighted by molar-refractivity contribution is -0.875. The number of allylic oxidation sites excluding steroid dienone is 4. The molecule has 0 fully saturated rings. The Bertz CT molecular complexity index is 479. The van der Waals surface area contributed by atoms with Crippen LogP contribution in [0.5, 0.6) is 0 Å². The number of aliphatic hydroxyl groups is 1. The second-order valence-electron chi connectivity index (χ2n) is 8.59. The van der Waals surface area contributed by atoms with Crippen LogP contribution >= 0.6 is 7.60 Å². The molecule has 0 aliphatic rings. The molecule has 5 nitrogen and oxygen atoms in total. The van der Waals surface area contributed by atoms with E-state index in [9.17, 15) is 19.5 Å². The molecule has 0 aliphatic heterocycles. The third kappa shape index (κ3) is 14.2. The smallest absolute Gasteiger partial charge is 0.362 e. The Hall–Kier alpha value is -0.450. The van der Waals surface area contributed by atoms with E-state index in [2.05, 4.69) is 25.2 Å². The average Bonchev–Trinajstić information content (AvgIpc) is 2.52. The van der Waals surface area contributed by atoms with Crippen molar-refractivity contribution in [3.05, 3.63) is 24.3 Å². The number of quaternary nitrogens is 1. The Morgan fingerprint density at radius 3 is 1.67 bits per heavy atom. The standard InChI is InChI=1S/C21H42NO4P/c1-5-6-7-8-9-10-11-12-13-14-15-16-17-18-19-21(23,27(24,25)26)20-22(2,3)4/h9-10,16-17,23H,5-8,11-15,18-20H2,1-4H3,(H-,24,25,26)/p+1/b10-9-,17-16-. The van der Waals surface area contributed by atoms with Gasteiger partial charge in [0, 0.05) is 0 Å². The molecule has 27 heavy (non-hydrogen) atoms. The van der Waals surface area contributed by atoms with E-state index in [1.165, 1.54) is 38.5 Å². The molecule has 0 aromatic heterocycles. The number of unbranched alkanes of at least 4 members (excludes halogenated alkanes) is 7. The first kappa shape index (κ1) is 26.6. The van der Waals surface area contributed by atoms with Gasteiger partial charge in [0.1, 0.15) is 6.54 Å². The maximum atomic E-state index is 11.7. The maximum absolute atomic E-state index is 11.7.